The second-order valence-electron chi connectivity index (χ2n) is 3.92. The van der Waals surface area contributed by atoms with Crippen molar-refractivity contribution < 1.29 is 0 Å². The van der Waals surface area contributed by atoms with Gasteiger partial charge in [0.1, 0.15) is 0 Å². The highest BCUT2D eigenvalue weighted by Gasteiger charge is 2.05. The maximum Gasteiger partial charge on any atom is 0.0598 e. The predicted molar refractivity (Wildman–Crippen MR) is 72.3 cm³/mol. The van der Waals surface area contributed by atoms with Crippen LogP contribution in [0.4, 0.5) is 0 Å². The van der Waals surface area contributed by atoms with Crippen molar-refractivity contribution in [1.82, 2.24) is 4.98 Å². The minimum atomic E-state index is -0.0368. The van der Waals surface area contributed by atoms with E-state index in [0.717, 1.165) is 16.7 Å². The summed E-state index contributed by atoms with van der Waals surface area (Å²) in [7, 11) is 0. The topological polar surface area (TPSA) is 38.9 Å². The van der Waals surface area contributed by atoms with Crippen LogP contribution in [-0.2, 0) is 0 Å². The van der Waals surface area contributed by atoms with E-state index in [-0.39, 0.29) is 6.04 Å². The predicted octanol–water partition coefficient (Wildman–Crippen LogP) is 4.08. The van der Waals surface area contributed by atoms with Gasteiger partial charge in [-0.2, -0.15) is 0 Å². The molecule has 0 aliphatic heterocycles. The Hall–Kier alpha value is -1.09. The van der Waals surface area contributed by atoms with E-state index >= 15 is 0 Å². The summed E-state index contributed by atoms with van der Waals surface area (Å²) in [6, 6.07) is 7.49. The van der Waals surface area contributed by atoms with E-state index in [1.807, 2.05) is 25.1 Å². The van der Waals surface area contributed by atoms with Gasteiger partial charge in [0.05, 0.1) is 10.0 Å². The van der Waals surface area contributed by atoms with Crippen molar-refractivity contribution in [3.05, 3.63) is 52.3 Å². The summed E-state index contributed by atoms with van der Waals surface area (Å²) in [5.41, 5.74) is 8.79. The quantitative estimate of drug-likeness (QED) is 0.890. The number of nitrogens with zero attached hydrogens (tertiary/aromatic N) is 1. The lowest BCUT2D eigenvalue weighted by atomic mass is 10.0. The normalized spacial score (nSPS) is 12.5. The Balaban J connectivity index is 2.45. The fraction of sp³-hybridized carbons (Fsp3) is 0.154. The minimum absolute atomic E-state index is 0.0368. The first kappa shape index (κ1) is 12.4. The standard InChI is InChI=1S/C13H12Cl2N2/c1-8(16)10-4-11(7-17-6-10)9-2-3-12(14)13(15)5-9/h2-8H,16H2,1H3. The first-order chi connectivity index (χ1) is 8.08. The average molecular weight is 267 g/mol. The highest BCUT2D eigenvalue weighted by atomic mass is 35.5. The van der Waals surface area contributed by atoms with E-state index in [2.05, 4.69) is 4.98 Å². The van der Waals surface area contributed by atoms with Crippen LogP contribution in [0.2, 0.25) is 10.0 Å². The van der Waals surface area contributed by atoms with Gasteiger partial charge in [-0.25, -0.2) is 0 Å². The Morgan fingerprint density at radius 1 is 1.06 bits per heavy atom. The lowest BCUT2D eigenvalue weighted by Gasteiger charge is -2.08. The van der Waals surface area contributed by atoms with Crippen LogP contribution in [0.25, 0.3) is 11.1 Å². The zero-order valence-electron chi connectivity index (χ0n) is 9.32. The molecule has 17 heavy (non-hydrogen) atoms. The summed E-state index contributed by atoms with van der Waals surface area (Å²) < 4.78 is 0. The largest absolute Gasteiger partial charge is 0.324 e. The molecule has 1 aromatic heterocycles. The van der Waals surface area contributed by atoms with Crippen molar-refractivity contribution in [2.24, 2.45) is 5.73 Å². The Labute approximate surface area is 110 Å². The Morgan fingerprint density at radius 2 is 1.82 bits per heavy atom. The van der Waals surface area contributed by atoms with Crippen LogP contribution in [-0.4, -0.2) is 4.98 Å². The molecular weight excluding hydrogens is 255 g/mol. The van der Waals surface area contributed by atoms with Crippen molar-refractivity contribution in [2.75, 3.05) is 0 Å². The van der Waals surface area contributed by atoms with E-state index in [1.54, 1.807) is 18.5 Å². The van der Waals surface area contributed by atoms with Crippen molar-refractivity contribution in [2.45, 2.75) is 13.0 Å². The number of hydrogen-bond donors (Lipinski definition) is 1. The summed E-state index contributed by atoms with van der Waals surface area (Å²) in [5.74, 6) is 0. The molecule has 2 aromatic rings. The number of rotatable bonds is 2. The molecule has 0 radical (unpaired) electrons. The lowest BCUT2D eigenvalue weighted by molar-refractivity contribution is 0.812. The van der Waals surface area contributed by atoms with E-state index in [0.29, 0.717) is 10.0 Å². The highest BCUT2D eigenvalue weighted by Crippen LogP contribution is 2.28. The first-order valence-electron chi connectivity index (χ1n) is 5.24. The van der Waals surface area contributed by atoms with Gasteiger partial charge in [-0.3, -0.25) is 4.98 Å². The maximum absolute atomic E-state index is 5.99. The van der Waals surface area contributed by atoms with Crippen molar-refractivity contribution >= 4 is 23.2 Å². The summed E-state index contributed by atoms with van der Waals surface area (Å²) in [4.78, 5) is 4.18. The molecule has 1 heterocycles. The third kappa shape index (κ3) is 2.78. The second kappa shape index (κ2) is 5.05. The highest BCUT2D eigenvalue weighted by molar-refractivity contribution is 6.42. The summed E-state index contributed by atoms with van der Waals surface area (Å²) in [6.07, 6.45) is 3.55. The maximum atomic E-state index is 5.99. The van der Waals surface area contributed by atoms with Gasteiger partial charge < -0.3 is 5.73 Å². The van der Waals surface area contributed by atoms with E-state index in [4.69, 9.17) is 28.9 Å². The molecule has 2 N–H and O–H groups in total. The van der Waals surface area contributed by atoms with Crippen LogP contribution in [0.3, 0.4) is 0 Å². The smallest absolute Gasteiger partial charge is 0.0598 e. The molecule has 0 bridgehead atoms. The van der Waals surface area contributed by atoms with Crippen LogP contribution in [0.5, 0.6) is 0 Å². The van der Waals surface area contributed by atoms with Gasteiger partial charge in [0.25, 0.3) is 0 Å². The van der Waals surface area contributed by atoms with Gasteiger partial charge in [0, 0.05) is 24.0 Å². The summed E-state index contributed by atoms with van der Waals surface area (Å²) in [5, 5.41) is 1.09. The molecule has 4 heteroatoms. The van der Waals surface area contributed by atoms with Gasteiger partial charge in [0.2, 0.25) is 0 Å². The van der Waals surface area contributed by atoms with Gasteiger partial charge in [-0.05, 0) is 36.2 Å². The molecule has 1 atom stereocenters. The fourth-order valence-electron chi connectivity index (χ4n) is 1.54. The molecular formula is C13H12Cl2N2. The SMILES string of the molecule is CC(N)c1cncc(-c2ccc(Cl)c(Cl)c2)c1. The molecule has 0 saturated carbocycles. The third-order valence-electron chi connectivity index (χ3n) is 2.54. The molecule has 0 saturated heterocycles. The molecule has 0 spiro atoms. The Kier molecular flexibility index (Phi) is 3.67. The molecule has 2 nitrogen and oxygen atoms in total. The molecule has 0 fully saturated rings. The van der Waals surface area contributed by atoms with Crippen molar-refractivity contribution in [1.29, 1.82) is 0 Å². The van der Waals surface area contributed by atoms with Crippen molar-refractivity contribution in [3.8, 4) is 11.1 Å². The van der Waals surface area contributed by atoms with Gasteiger partial charge in [0.15, 0.2) is 0 Å². The fourth-order valence-corrected chi connectivity index (χ4v) is 1.84. The van der Waals surface area contributed by atoms with Crippen LogP contribution in [0.15, 0.2) is 36.7 Å². The number of pyridine rings is 1. The van der Waals surface area contributed by atoms with Crippen LogP contribution in [0.1, 0.15) is 18.5 Å². The van der Waals surface area contributed by atoms with Crippen molar-refractivity contribution in [3.63, 3.8) is 0 Å². The van der Waals surface area contributed by atoms with Gasteiger partial charge >= 0.3 is 0 Å². The molecule has 2 rings (SSSR count). The molecule has 88 valence electrons. The molecule has 0 aliphatic carbocycles. The van der Waals surface area contributed by atoms with Crippen LogP contribution in [0, 0.1) is 0 Å². The molecule has 0 aliphatic rings. The third-order valence-corrected chi connectivity index (χ3v) is 3.28. The first-order valence-corrected chi connectivity index (χ1v) is 5.99. The van der Waals surface area contributed by atoms with E-state index in [1.165, 1.54) is 0 Å². The van der Waals surface area contributed by atoms with Gasteiger partial charge in [-0.1, -0.05) is 29.3 Å². The number of hydrogen-bond acceptors (Lipinski definition) is 2. The number of aromatic nitrogens is 1. The Morgan fingerprint density at radius 3 is 2.47 bits per heavy atom. The number of nitrogens with two attached hydrogens (primary N) is 1. The molecule has 1 aromatic carbocycles. The Bertz CT molecular complexity index is 539. The zero-order valence-corrected chi connectivity index (χ0v) is 10.8. The summed E-state index contributed by atoms with van der Waals surface area (Å²) in [6.45, 7) is 1.93. The summed E-state index contributed by atoms with van der Waals surface area (Å²) >= 11 is 11.9. The van der Waals surface area contributed by atoms with E-state index in [9.17, 15) is 0 Å². The van der Waals surface area contributed by atoms with Crippen LogP contribution < -0.4 is 5.73 Å². The monoisotopic (exact) mass is 266 g/mol. The number of benzene rings is 1. The molecule has 0 amide bonds. The second-order valence-corrected chi connectivity index (χ2v) is 4.74. The minimum Gasteiger partial charge on any atom is -0.324 e. The molecule has 1 unspecified atom stereocenters. The van der Waals surface area contributed by atoms with E-state index < -0.39 is 0 Å². The van der Waals surface area contributed by atoms with Gasteiger partial charge in [-0.15, -0.1) is 0 Å². The van der Waals surface area contributed by atoms with Crippen LogP contribution >= 0.6 is 23.2 Å². The zero-order chi connectivity index (χ0) is 12.4. The number of halogens is 2. The average Bonchev–Trinajstić information content (AvgIpc) is 2.33. The lowest BCUT2D eigenvalue weighted by Crippen LogP contribution is -2.05.